The summed E-state index contributed by atoms with van der Waals surface area (Å²) < 4.78 is 5.38. The van der Waals surface area contributed by atoms with Gasteiger partial charge in [0.1, 0.15) is 5.75 Å². The third kappa shape index (κ3) is 4.86. The maximum Gasteiger partial charge on any atom is 0.259 e. The number of carbonyl (C=O) groups is 2. The van der Waals surface area contributed by atoms with Gasteiger partial charge in [0, 0.05) is 15.4 Å². The van der Waals surface area contributed by atoms with Crippen LogP contribution in [0.5, 0.6) is 5.75 Å². The van der Waals surface area contributed by atoms with Gasteiger partial charge in [-0.3, -0.25) is 9.59 Å². The van der Waals surface area contributed by atoms with Crippen LogP contribution in [-0.2, 0) is 6.54 Å². The molecule has 4 aromatic carbocycles. The van der Waals surface area contributed by atoms with Crippen molar-refractivity contribution >= 4 is 29.3 Å². The topological polar surface area (TPSA) is 58.6 Å². The Kier molecular flexibility index (Phi) is 6.78. The molecule has 1 aliphatic rings. The minimum atomic E-state index is -0.185. The second kappa shape index (κ2) is 10.3. The maximum atomic E-state index is 13.8. The molecule has 1 heterocycles. The van der Waals surface area contributed by atoms with Crippen molar-refractivity contribution in [3.63, 3.8) is 0 Å². The van der Waals surface area contributed by atoms with Crippen LogP contribution < -0.4 is 15.0 Å². The Morgan fingerprint density at radius 3 is 2.50 bits per heavy atom. The second-order valence-electron chi connectivity index (χ2n) is 8.63. The third-order valence-corrected chi connectivity index (χ3v) is 7.36. The third-order valence-electron chi connectivity index (χ3n) is 6.22. The summed E-state index contributed by atoms with van der Waals surface area (Å²) in [5.74, 6) is 0.442. The summed E-state index contributed by atoms with van der Waals surface area (Å²) in [6.07, 6.45) is 0. The van der Waals surface area contributed by atoms with Crippen LogP contribution in [0.25, 0.3) is 0 Å². The number of methoxy groups -OCH3 is 1. The minimum absolute atomic E-state index is 0.102. The van der Waals surface area contributed by atoms with E-state index in [-0.39, 0.29) is 17.9 Å². The van der Waals surface area contributed by atoms with Gasteiger partial charge in [0.05, 0.1) is 30.9 Å². The molecule has 6 heteroatoms. The molecular formula is C30H26N2O3S. The number of fused-ring (bicyclic) bond motifs is 2. The Labute approximate surface area is 215 Å². The molecular weight excluding hydrogens is 468 g/mol. The van der Waals surface area contributed by atoms with Crippen LogP contribution in [0.2, 0.25) is 0 Å². The number of hydrogen-bond donors (Lipinski definition) is 1. The standard InChI is InChI=1S/C30H26N2O3S/c1-20(22-10-4-3-5-11-22)31-29(33)23-15-16-28-26(18-23)32(19-21-9-8-12-24(17-21)35-2)30(34)25-13-6-7-14-27(25)36-28/h3-18,20H,19H2,1-2H3,(H,31,33)/t20-/m1/s1. The fraction of sp³-hybridized carbons (Fsp3) is 0.133. The first-order chi connectivity index (χ1) is 17.5. The van der Waals surface area contributed by atoms with Crippen LogP contribution in [0.3, 0.4) is 0 Å². The molecule has 0 fully saturated rings. The summed E-state index contributed by atoms with van der Waals surface area (Å²) >= 11 is 1.54. The molecule has 180 valence electrons. The summed E-state index contributed by atoms with van der Waals surface area (Å²) in [7, 11) is 1.62. The van der Waals surface area contributed by atoms with Crippen LogP contribution in [0.1, 0.15) is 44.8 Å². The highest BCUT2D eigenvalue weighted by Crippen LogP contribution is 2.42. The predicted molar refractivity (Wildman–Crippen MR) is 143 cm³/mol. The molecule has 0 radical (unpaired) electrons. The number of carbonyl (C=O) groups excluding carboxylic acids is 2. The molecule has 0 spiro atoms. The molecule has 5 rings (SSSR count). The molecule has 1 N–H and O–H groups in total. The van der Waals surface area contributed by atoms with Gasteiger partial charge in [-0.05, 0) is 60.5 Å². The molecule has 5 nitrogen and oxygen atoms in total. The Bertz CT molecular complexity index is 1420. The second-order valence-corrected chi connectivity index (χ2v) is 9.71. The molecule has 36 heavy (non-hydrogen) atoms. The van der Waals surface area contributed by atoms with Gasteiger partial charge in [0.2, 0.25) is 0 Å². The smallest absolute Gasteiger partial charge is 0.259 e. The van der Waals surface area contributed by atoms with Crippen molar-refractivity contribution in [3.05, 3.63) is 119 Å². The molecule has 1 aliphatic heterocycles. The van der Waals surface area contributed by atoms with Crippen molar-refractivity contribution in [1.82, 2.24) is 5.32 Å². The molecule has 0 saturated carbocycles. The lowest BCUT2D eigenvalue weighted by molar-refractivity contribution is 0.0937. The quantitative estimate of drug-likeness (QED) is 0.333. The molecule has 0 unspecified atom stereocenters. The van der Waals surface area contributed by atoms with Crippen LogP contribution in [-0.4, -0.2) is 18.9 Å². The average Bonchev–Trinajstić information content (AvgIpc) is 3.03. The predicted octanol–water partition coefficient (Wildman–Crippen LogP) is 6.50. The largest absolute Gasteiger partial charge is 0.497 e. The minimum Gasteiger partial charge on any atom is -0.497 e. The van der Waals surface area contributed by atoms with E-state index in [1.54, 1.807) is 23.8 Å². The van der Waals surface area contributed by atoms with Crippen molar-refractivity contribution in [2.75, 3.05) is 12.0 Å². The molecule has 0 aliphatic carbocycles. The highest BCUT2D eigenvalue weighted by molar-refractivity contribution is 7.99. The van der Waals surface area contributed by atoms with Gasteiger partial charge in [-0.25, -0.2) is 0 Å². The lowest BCUT2D eigenvalue weighted by Gasteiger charge is -2.24. The van der Waals surface area contributed by atoms with Crippen molar-refractivity contribution in [2.24, 2.45) is 0 Å². The van der Waals surface area contributed by atoms with Crippen LogP contribution in [0.15, 0.2) is 107 Å². The zero-order valence-electron chi connectivity index (χ0n) is 20.1. The van der Waals surface area contributed by atoms with Gasteiger partial charge in [-0.1, -0.05) is 66.4 Å². The van der Waals surface area contributed by atoms with E-state index in [4.69, 9.17) is 4.74 Å². The molecule has 1 atom stereocenters. The lowest BCUT2D eigenvalue weighted by atomic mass is 10.1. The van der Waals surface area contributed by atoms with Gasteiger partial charge in [-0.15, -0.1) is 0 Å². The van der Waals surface area contributed by atoms with Crippen molar-refractivity contribution in [2.45, 2.75) is 29.3 Å². The van der Waals surface area contributed by atoms with E-state index in [1.165, 1.54) is 0 Å². The number of ether oxygens (including phenoxy) is 1. The molecule has 0 saturated heterocycles. The Morgan fingerprint density at radius 2 is 1.69 bits per heavy atom. The van der Waals surface area contributed by atoms with Crippen molar-refractivity contribution < 1.29 is 14.3 Å². The highest BCUT2D eigenvalue weighted by atomic mass is 32.2. The van der Waals surface area contributed by atoms with Gasteiger partial charge in [0.15, 0.2) is 0 Å². The van der Waals surface area contributed by atoms with Crippen LogP contribution in [0.4, 0.5) is 5.69 Å². The Morgan fingerprint density at radius 1 is 0.917 bits per heavy atom. The first-order valence-corrected chi connectivity index (χ1v) is 12.6. The Balaban J connectivity index is 1.52. The zero-order valence-corrected chi connectivity index (χ0v) is 20.9. The van der Waals surface area contributed by atoms with E-state index in [1.807, 2.05) is 104 Å². The normalized spacial score (nSPS) is 13.3. The van der Waals surface area contributed by atoms with Gasteiger partial charge >= 0.3 is 0 Å². The first kappa shape index (κ1) is 23.7. The Hall–Kier alpha value is -4.03. The number of rotatable bonds is 6. The summed E-state index contributed by atoms with van der Waals surface area (Å²) in [4.78, 5) is 30.6. The number of hydrogen-bond acceptors (Lipinski definition) is 4. The lowest BCUT2D eigenvalue weighted by Crippen LogP contribution is -2.31. The SMILES string of the molecule is COc1cccc(CN2C(=O)c3ccccc3Sc3ccc(C(=O)N[C@H](C)c4ccccc4)cc32)c1. The van der Waals surface area contributed by atoms with Crippen LogP contribution >= 0.6 is 11.8 Å². The maximum absolute atomic E-state index is 13.8. The van der Waals surface area contributed by atoms with Crippen molar-refractivity contribution in [3.8, 4) is 5.75 Å². The van der Waals surface area contributed by atoms with E-state index in [0.717, 1.165) is 26.7 Å². The number of nitrogens with one attached hydrogen (secondary N) is 1. The number of amides is 2. The van der Waals surface area contributed by atoms with Crippen LogP contribution in [0, 0.1) is 0 Å². The number of nitrogens with zero attached hydrogens (tertiary/aromatic N) is 1. The summed E-state index contributed by atoms with van der Waals surface area (Å²) in [5, 5.41) is 3.08. The fourth-order valence-electron chi connectivity index (χ4n) is 4.28. The van der Waals surface area contributed by atoms with Crippen molar-refractivity contribution in [1.29, 1.82) is 0 Å². The molecule has 4 aromatic rings. The highest BCUT2D eigenvalue weighted by Gasteiger charge is 2.28. The summed E-state index contributed by atoms with van der Waals surface area (Å²) in [5.41, 5.74) is 3.83. The van der Waals surface area contributed by atoms with E-state index in [2.05, 4.69) is 5.32 Å². The number of anilines is 1. The average molecular weight is 495 g/mol. The number of benzene rings is 4. The monoisotopic (exact) mass is 494 g/mol. The fourth-order valence-corrected chi connectivity index (χ4v) is 5.34. The molecule has 2 amide bonds. The van der Waals surface area contributed by atoms with Gasteiger partial charge < -0.3 is 15.0 Å². The van der Waals surface area contributed by atoms with E-state index < -0.39 is 0 Å². The first-order valence-electron chi connectivity index (χ1n) is 11.7. The van der Waals surface area contributed by atoms with E-state index in [9.17, 15) is 9.59 Å². The summed E-state index contributed by atoms with van der Waals surface area (Å²) in [6, 6.07) is 30.6. The summed E-state index contributed by atoms with van der Waals surface area (Å²) in [6.45, 7) is 2.31. The molecule has 0 bridgehead atoms. The van der Waals surface area contributed by atoms with E-state index >= 15 is 0 Å². The zero-order chi connectivity index (χ0) is 25.1. The van der Waals surface area contributed by atoms with E-state index in [0.29, 0.717) is 23.4 Å². The molecule has 0 aromatic heterocycles. The van der Waals surface area contributed by atoms with Gasteiger partial charge in [-0.2, -0.15) is 0 Å². The van der Waals surface area contributed by atoms with Gasteiger partial charge in [0.25, 0.3) is 11.8 Å².